The van der Waals surface area contributed by atoms with Gasteiger partial charge in [0, 0.05) is 11.3 Å². The number of allylic oxidation sites excluding steroid dienone is 4. The molecule has 1 unspecified atom stereocenters. The molecular weight excluding hydrogens is 266 g/mol. The average Bonchev–Trinajstić information content (AvgIpc) is 2.61. The molecular formula is C17H15NO3. The molecule has 0 aromatic heterocycles. The number of carbonyl (C=O) groups is 2. The Morgan fingerprint density at radius 2 is 2.00 bits per heavy atom. The molecule has 2 aliphatic rings. The Kier molecular flexibility index (Phi) is 3.22. The van der Waals surface area contributed by atoms with Crippen LogP contribution in [0.4, 0.5) is 0 Å². The lowest BCUT2D eigenvalue weighted by Crippen LogP contribution is -2.23. The van der Waals surface area contributed by atoms with Crippen molar-refractivity contribution < 1.29 is 14.7 Å². The summed E-state index contributed by atoms with van der Waals surface area (Å²) in [6, 6.07) is 7.16. The molecule has 0 radical (unpaired) electrons. The quantitative estimate of drug-likeness (QED) is 0.876. The number of hydrogen-bond donors (Lipinski definition) is 2. The van der Waals surface area contributed by atoms with Crippen molar-refractivity contribution >= 4 is 17.4 Å². The van der Waals surface area contributed by atoms with Crippen LogP contribution in [0.1, 0.15) is 29.3 Å². The van der Waals surface area contributed by atoms with E-state index in [0.717, 1.165) is 5.57 Å². The number of carbonyl (C=O) groups excluding carboxylic acids is 1. The zero-order valence-corrected chi connectivity index (χ0v) is 11.6. The van der Waals surface area contributed by atoms with E-state index in [1.165, 1.54) is 0 Å². The predicted octanol–water partition coefficient (Wildman–Crippen LogP) is 2.75. The van der Waals surface area contributed by atoms with E-state index >= 15 is 0 Å². The van der Waals surface area contributed by atoms with Crippen LogP contribution in [0.15, 0.2) is 53.8 Å². The fourth-order valence-corrected chi connectivity index (χ4v) is 2.82. The monoisotopic (exact) mass is 281 g/mol. The van der Waals surface area contributed by atoms with E-state index < -0.39 is 11.9 Å². The Balaban J connectivity index is 2.31. The summed E-state index contributed by atoms with van der Waals surface area (Å²) in [6.07, 6.45) is 6.27. The van der Waals surface area contributed by atoms with Gasteiger partial charge in [-0.1, -0.05) is 30.4 Å². The summed E-state index contributed by atoms with van der Waals surface area (Å²) in [4.78, 5) is 23.8. The maximum Gasteiger partial charge on any atom is 0.310 e. The van der Waals surface area contributed by atoms with Crippen LogP contribution in [0, 0.1) is 5.92 Å². The van der Waals surface area contributed by atoms with Gasteiger partial charge in [0.15, 0.2) is 0 Å². The molecule has 1 aromatic rings. The molecule has 0 saturated carbocycles. The van der Waals surface area contributed by atoms with Crippen molar-refractivity contribution in [1.82, 2.24) is 5.32 Å². The highest BCUT2D eigenvalue weighted by atomic mass is 16.4. The Morgan fingerprint density at radius 3 is 2.71 bits per heavy atom. The van der Waals surface area contributed by atoms with Gasteiger partial charge >= 0.3 is 5.97 Å². The van der Waals surface area contributed by atoms with Gasteiger partial charge in [0.2, 0.25) is 0 Å². The SMILES string of the molecule is CC(C(=O)O)C1=C2CC=CC=C2NC(=O)c2ccccc21. The van der Waals surface area contributed by atoms with Gasteiger partial charge in [-0.25, -0.2) is 0 Å². The van der Waals surface area contributed by atoms with Crippen LogP contribution in [-0.4, -0.2) is 17.0 Å². The molecule has 1 heterocycles. The lowest BCUT2D eigenvalue weighted by atomic mass is 9.85. The van der Waals surface area contributed by atoms with Crippen molar-refractivity contribution in [3.63, 3.8) is 0 Å². The van der Waals surface area contributed by atoms with Gasteiger partial charge in [-0.2, -0.15) is 0 Å². The smallest absolute Gasteiger partial charge is 0.310 e. The highest BCUT2D eigenvalue weighted by Crippen LogP contribution is 2.37. The molecule has 1 amide bonds. The number of carboxylic acid groups (broad SMARTS) is 1. The maximum absolute atomic E-state index is 12.3. The van der Waals surface area contributed by atoms with E-state index in [1.807, 2.05) is 30.4 Å². The molecule has 2 N–H and O–H groups in total. The van der Waals surface area contributed by atoms with Crippen molar-refractivity contribution in [2.75, 3.05) is 0 Å². The molecule has 21 heavy (non-hydrogen) atoms. The first-order chi connectivity index (χ1) is 10.1. The first-order valence-electron chi connectivity index (χ1n) is 6.83. The number of nitrogens with one attached hydrogen (secondary N) is 1. The first-order valence-corrected chi connectivity index (χ1v) is 6.83. The molecule has 4 heteroatoms. The van der Waals surface area contributed by atoms with Crippen LogP contribution in [0.25, 0.3) is 5.57 Å². The summed E-state index contributed by atoms with van der Waals surface area (Å²) < 4.78 is 0. The van der Waals surface area contributed by atoms with E-state index in [0.29, 0.717) is 28.8 Å². The molecule has 106 valence electrons. The number of hydrogen-bond acceptors (Lipinski definition) is 2. The van der Waals surface area contributed by atoms with Crippen molar-refractivity contribution in [2.24, 2.45) is 5.92 Å². The van der Waals surface area contributed by atoms with Crippen molar-refractivity contribution in [2.45, 2.75) is 13.3 Å². The molecule has 0 bridgehead atoms. The van der Waals surface area contributed by atoms with Gasteiger partial charge in [0.1, 0.15) is 0 Å². The third-order valence-electron chi connectivity index (χ3n) is 3.88. The second-order valence-corrected chi connectivity index (χ2v) is 5.16. The molecule has 0 saturated heterocycles. The fraction of sp³-hybridized carbons (Fsp3) is 0.176. The zero-order valence-electron chi connectivity index (χ0n) is 11.6. The van der Waals surface area contributed by atoms with Gasteiger partial charge in [-0.3, -0.25) is 9.59 Å². The van der Waals surface area contributed by atoms with Crippen LogP contribution in [0.3, 0.4) is 0 Å². The third-order valence-corrected chi connectivity index (χ3v) is 3.88. The standard InChI is InChI=1S/C17H15NO3/c1-10(17(20)21)15-11-6-2-3-7-12(11)16(19)18-14-9-5-4-8-13(14)15/h2-7,9-10H,8H2,1H3,(H,18,19)(H,20,21). The summed E-state index contributed by atoms with van der Waals surface area (Å²) in [6.45, 7) is 1.66. The molecule has 1 aliphatic carbocycles. The lowest BCUT2D eigenvalue weighted by Gasteiger charge is -2.19. The number of carboxylic acids is 1. The molecule has 3 rings (SSSR count). The van der Waals surface area contributed by atoms with Gasteiger partial charge in [0.05, 0.1) is 5.92 Å². The second kappa shape index (κ2) is 5.05. The summed E-state index contributed by atoms with van der Waals surface area (Å²) in [5.41, 5.74) is 3.52. The van der Waals surface area contributed by atoms with Crippen LogP contribution in [0.5, 0.6) is 0 Å². The lowest BCUT2D eigenvalue weighted by molar-refractivity contribution is -0.139. The first kappa shape index (κ1) is 13.4. The third kappa shape index (κ3) is 2.18. The van der Waals surface area contributed by atoms with E-state index in [-0.39, 0.29) is 5.91 Å². The molecule has 1 aromatic carbocycles. The highest BCUT2D eigenvalue weighted by molar-refractivity contribution is 6.05. The minimum atomic E-state index is -0.893. The minimum absolute atomic E-state index is 0.197. The zero-order chi connectivity index (χ0) is 15.0. The second-order valence-electron chi connectivity index (χ2n) is 5.16. The number of benzene rings is 1. The average molecular weight is 281 g/mol. The number of fused-ring (bicyclic) bond motifs is 2. The Bertz CT molecular complexity index is 725. The van der Waals surface area contributed by atoms with E-state index in [2.05, 4.69) is 5.32 Å². The Labute approximate surface area is 122 Å². The van der Waals surface area contributed by atoms with Crippen molar-refractivity contribution in [3.8, 4) is 0 Å². The van der Waals surface area contributed by atoms with Gasteiger partial charge in [-0.05, 0) is 42.2 Å². The van der Waals surface area contributed by atoms with Crippen molar-refractivity contribution in [1.29, 1.82) is 0 Å². The van der Waals surface area contributed by atoms with Crippen LogP contribution >= 0.6 is 0 Å². The topological polar surface area (TPSA) is 66.4 Å². The van der Waals surface area contributed by atoms with Crippen LogP contribution < -0.4 is 5.32 Å². The number of amides is 1. The van der Waals surface area contributed by atoms with Crippen molar-refractivity contribution in [3.05, 3.63) is 64.9 Å². The Hall–Kier alpha value is -2.62. The van der Waals surface area contributed by atoms with E-state index in [9.17, 15) is 14.7 Å². The summed E-state index contributed by atoms with van der Waals surface area (Å²) in [5.74, 6) is -1.77. The van der Waals surface area contributed by atoms with Crippen LogP contribution in [-0.2, 0) is 4.79 Å². The largest absolute Gasteiger partial charge is 0.481 e. The molecule has 1 aliphatic heterocycles. The molecule has 1 atom stereocenters. The molecule has 0 spiro atoms. The Morgan fingerprint density at radius 1 is 1.29 bits per heavy atom. The van der Waals surface area contributed by atoms with Gasteiger partial charge in [0.25, 0.3) is 5.91 Å². The fourth-order valence-electron chi connectivity index (χ4n) is 2.82. The normalized spacial score (nSPS) is 18.1. The summed E-state index contributed by atoms with van der Waals surface area (Å²) in [5, 5.41) is 12.3. The summed E-state index contributed by atoms with van der Waals surface area (Å²) in [7, 11) is 0. The van der Waals surface area contributed by atoms with Gasteiger partial charge in [-0.15, -0.1) is 0 Å². The maximum atomic E-state index is 12.3. The molecule has 0 fully saturated rings. The minimum Gasteiger partial charge on any atom is -0.481 e. The van der Waals surface area contributed by atoms with Crippen LogP contribution in [0.2, 0.25) is 0 Å². The highest BCUT2D eigenvalue weighted by Gasteiger charge is 2.30. The number of rotatable bonds is 2. The number of aliphatic carboxylic acids is 1. The van der Waals surface area contributed by atoms with Gasteiger partial charge < -0.3 is 10.4 Å². The van der Waals surface area contributed by atoms with E-state index in [4.69, 9.17) is 0 Å². The van der Waals surface area contributed by atoms with E-state index in [1.54, 1.807) is 19.1 Å². The summed E-state index contributed by atoms with van der Waals surface area (Å²) >= 11 is 0. The molecule has 4 nitrogen and oxygen atoms in total. The predicted molar refractivity (Wildman–Crippen MR) is 79.5 cm³/mol.